The topological polar surface area (TPSA) is 205 Å². The molecule has 1 rings (SSSR count). The van der Waals surface area contributed by atoms with Crippen molar-refractivity contribution in [2.24, 2.45) is 11.5 Å². The van der Waals surface area contributed by atoms with E-state index in [0.29, 0.717) is 31.4 Å². The first-order chi connectivity index (χ1) is 14.1. The van der Waals surface area contributed by atoms with Gasteiger partial charge in [-0.3, -0.25) is 14.4 Å². The maximum Gasteiger partial charge on any atom is 0.326 e. The van der Waals surface area contributed by atoms with E-state index in [-0.39, 0.29) is 12.2 Å². The molecule has 0 heterocycles. The van der Waals surface area contributed by atoms with Gasteiger partial charge in [0, 0.05) is 6.42 Å². The third-order valence-corrected chi connectivity index (χ3v) is 4.31. The number of phenols is 1. The van der Waals surface area contributed by atoms with Crippen LogP contribution in [0.15, 0.2) is 24.3 Å². The molecule has 0 aliphatic heterocycles. The van der Waals surface area contributed by atoms with Crippen molar-refractivity contribution in [2.75, 3.05) is 6.54 Å². The van der Waals surface area contributed by atoms with Crippen molar-refractivity contribution in [3.8, 4) is 5.75 Å². The SMILES string of the molecule is NCCCC[C@H](N)C(=O)N[C@@H](Cc1ccc(O)cc1)C(=O)N[C@@H](CC(=O)O)C(=O)O. The fourth-order valence-electron chi connectivity index (χ4n) is 2.64. The Labute approximate surface area is 173 Å². The molecule has 0 aromatic heterocycles. The number of carbonyl (C=O) groups is 4. The Balaban J connectivity index is 2.93. The number of hydrogen-bond donors (Lipinski definition) is 7. The molecule has 11 nitrogen and oxygen atoms in total. The second-order valence-corrected chi connectivity index (χ2v) is 6.82. The van der Waals surface area contributed by atoms with Crippen LogP contribution in [0.25, 0.3) is 0 Å². The molecular formula is C19H28N4O7. The molecule has 0 saturated heterocycles. The van der Waals surface area contributed by atoms with Gasteiger partial charge in [0.1, 0.15) is 17.8 Å². The number of unbranched alkanes of at least 4 members (excludes halogenated alkanes) is 1. The maximum absolute atomic E-state index is 12.6. The number of nitrogens with one attached hydrogen (secondary N) is 2. The van der Waals surface area contributed by atoms with Gasteiger partial charge in [0.15, 0.2) is 0 Å². The van der Waals surface area contributed by atoms with Crippen LogP contribution in [0.1, 0.15) is 31.2 Å². The van der Waals surface area contributed by atoms with Gasteiger partial charge in [-0.25, -0.2) is 4.79 Å². The third kappa shape index (κ3) is 8.88. The quantitative estimate of drug-likeness (QED) is 0.192. The number of benzene rings is 1. The summed E-state index contributed by atoms with van der Waals surface area (Å²) in [6, 6.07) is 2.13. The van der Waals surface area contributed by atoms with E-state index in [9.17, 15) is 24.3 Å². The molecule has 0 radical (unpaired) electrons. The van der Waals surface area contributed by atoms with Crippen molar-refractivity contribution < 1.29 is 34.5 Å². The van der Waals surface area contributed by atoms with Crippen molar-refractivity contribution in [3.63, 3.8) is 0 Å². The van der Waals surface area contributed by atoms with Crippen LogP contribution in [0.2, 0.25) is 0 Å². The zero-order valence-corrected chi connectivity index (χ0v) is 16.4. The smallest absolute Gasteiger partial charge is 0.326 e. The lowest BCUT2D eigenvalue weighted by Crippen LogP contribution is -2.55. The van der Waals surface area contributed by atoms with Gasteiger partial charge in [0.2, 0.25) is 11.8 Å². The first-order valence-electron chi connectivity index (χ1n) is 9.43. The number of carboxylic acid groups (broad SMARTS) is 2. The molecule has 0 spiro atoms. The summed E-state index contributed by atoms with van der Waals surface area (Å²) in [5, 5.41) is 32.0. The average Bonchev–Trinajstić information content (AvgIpc) is 2.68. The summed E-state index contributed by atoms with van der Waals surface area (Å²) >= 11 is 0. The van der Waals surface area contributed by atoms with Crippen LogP contribution in [0.3, 0.4) is 0 Å². The summed E-state index contributed by atoms with van der Waals surface area (Å²) in [5.74, 6) is -4.36. The van der Waals surface area contributed by atoms with Gasteiger partial charge in [-0.05, 0) is 37.1 Å². The van der Waals surface area contributed by atoms with E-state index in [4.69, 9.17) is 21.7 Å². The van der Waals surface area contributed by atoms with Crippen LogP contribution in [-0.4, -0.2) is 63.7 Å². The van der Waals surface area contributed by atoms with Crippen LogP contribution in [-0.2, 0) is 25.6 Å². The van der Waals surface area contributed by atoms with Gasteiger partial charge in [-0.2, -0.15) is 0 Å². The summed E-state index contributed by atoms with van der Waals surface area (Å²) < 4.78 is 0. The zero-order valence-electron chi connectivity index (χ0n) is 16.4. The molecule has 0 aliphatic carbocycles. The molecule has 3 atom stereocenters. The van der Waals surface area contributed by atoms with Crippen LogP contribution < -0.4 is 22.1 Å². The Morgan fingerprint density at radius 1 is 0.933 bits per heavy atom. The van der Waals surface area contributed by atoms with Gasteiger partial charge in [-0.15, -0.1) is 0 Å². The first kappa shape index (κ1) is 24.9. The van der Waals surface area contributed by atoms with Crippen LogP contribution in [0.4, 0.5) is 0 Å². The van der Waals surface area contributed by atoms with E-state index < -0.39 is 48.3 Å². The molecule has 0 fully saturated rings. The number of carboxylic acids is 2. The van der Waals surface area contributed by atoms with Gasteiger partial charge >= 0.3 is 11.9 Å². The molecule has 0 saturated carbocycles. The zero-order chi connectivity index (χ0) is 22.7. The second kappa shape index (κ2) is 12.4. The number of hydrogen-bond acceptors (Lipinski definition) is 7. The minimum absolute atomic E-state index is 0.0121. The number of phenolic OH excluding ortho intramolecular Hbond substituents is 1. The number of nitrogens with two attached hydrogens (primary N) is 2. The molecule has 2 amide bonds. The fraction of sp³-hybridized carbons (Fsp3) is 0.474. The lowest BCUT2D eigenvalue weighted by molar-refractivity contribution is -0.147. The number of aliphatic carboxylic acids is 2. The Bertz CT molecular complexity index is 739. The highest BCUT2D eigenvalue weighted by Gasteiger charge is 2.29. The molecule has 1 aromatic rings. The number of carbonyl (C=O) groups excluding carboxylic acids is 2. The highest BCUT2D eigenvalue weighted by Crippen LogP contribution is 2.12. The van der Waals surface area contributed by atoms with Gasteiger partial charge in [-0.1, -0.05) is 18.6 Å². The number of amides is 2. The van der Waals surface area contributed by atoms with Crippen molar-refractivity contribution in [2.45, 2.75) is 50.2 Å². The Morgan fingerprint density at radius 3 is 2.07 bits per heavy atom. The standard InChI is InChI=1S/C19H28N4O7/c20-8-2-1-3-13(21)17(27)22-14(9-11-4-6-12(24)7-5-11)18(28)23-15(19(29)30)10-16(25)26/h4-7,13-15,24H,1-3,8-10,20-21H2,(H,22,27)(H,23,28)(H,25,26)(H,29,30)/t13-,14-,15-/m0/s1. The second-order valence-electron chi connectivity index (χ2n) is 6.82. The largest absolute Gasteiger partial charge is 0.508 e. The minimum Gasteiger partial charge on any atom is -0.508 e. The van der Waals surface area contributed by atoms with Crippen LogP contribution >= 0.6 is 0 Å². The average molecular weight is 424 g/mol. The Morgan fingerprint density at radius 2 is 1.53 bits per heavy atom. The lowest BCUT2D eigenvalue weighted by Gasteiger charge is -2.22. The molecule has 166 valence electrons. The van der Waals surface area contributed by atoms with Crippen molar-refractivity contribution in [3.05, 3.63) is 29.8 Å². The van der Waals surface area contributed by atoms with Crippen molar-refractivity contribution >= 4 is 23.8 Å². The van der Waals surface area contributed by atoms with E-state index >= 15 is 0 Å². The fourth-order valence-corrected chi connectivity index (χ4v) is 2.64. The highest BCUT2D eigenvalue weighted by molar-refractivity contribution is 5.92. The van der Waals surface area contributed by atoms with E-state index in [2.05, 4.69) is 10.6 Å². The molecular weight excluding hydrogens is 396 g/mol. The molecule has 30 heavy (non-hydrogen) atoms. The van der Waals surface area contributed by atoms with Crippen LogP contribution in [0, 0.1) is 0 Å². The predicted octanol–water partition coefficient (Wildman–Crippen LogP) is -1.08. The Hall–Kier alpha value is -3.18. The highest BCUT2D eigenvalue weighted by atomic mass is 16.4. The minimum atomic E-state index is -1.66. The molecule has 0 bridgehead atoms. The van der Waals surface area contributed by atoms with Gasteiger partial charge in [0.05, 0.1) is 12.5 Å². The molecule has 0 aliphatic rings. The van der Waals surface area contributed by atoms with Gasteiger partial charge < -0.3 is 37.4 Å². The van der Waals surface area contributed by atoms with E-state index in [1.807, 2.05) is 0 Å². The van der Waals surface area contributed by atoms with Gasteiger partial charge in [0.25, 0.3) is 0 Å². The number of rotatable bonds is 13. The molecule has 0 unspecified atom stereocenters. The molecule has 11 heteroatoms. The Kier molecular flexibility index (Phi) is 10.3. The summed E-state index contributed by atoms with van der Waals surface area (Å²) in [4.78, 5) is 47.1. The van der Waals surface area contributed by atoms with Crippen LogP contribution in [0.5, 0.6) is 5.75 Å². The van der Waals surface area contributed by atoms with E-state index in [1.165, 1.54) is 24.3 Å². The summed E-state index contributed by atoms with van der Waals surface area (Å²) in [6.45, 7) is 0.459. The van der Waals surface area contributed by atoms with Crippen molar-refractivity contribution in [1.29, 1.82) is 0 Å². The summed E-state index contributed by atoms with van der Waals surface area (Å²) in [5.41, 5.74) is 11.8. The first-order valence-corrected chi connectivity index (χ1v) is 9.43. The van der Waals surface area contributed by atoms with Crippen molar-refractivity contribution in [1.82, 2.24) is 10.6 Å². The van der Waals surface area contributed by atoms with E-state index in [1.54, 1.807) is 0 Å². The predicted molar refractivity (Wildman–Crippen MR) is 106 cm³/mol. The maximum atomic E-state index is 12.6. The molecule has 1 aromatic carbocycles. The summed E-state index contributed by atoms with van der Waals surface area (Å²) in [6.07, 6.45) is 0.827. The number of aromatic hydroxyl groups is 1. The lowest BCUT2D eigenvalue weighted by atomic mass is 10.0. The normalized spacial score (nSPS) is 13.7. The monoisotopic (exact) mass is 424 g/mol. The van der Waals surface area contributed by atoms with E-state index in [0.717, 1.165) is 0 Å². The summed E-state index contributed by atoms with van der Waals surface area (Å²) in [7, 11) is 0. The third-order valence-electron chi connectivity index (χ3n) is 4.31. The molecule has 9 N–H and O–H groups in total.